The van der Waals surface area contributed by atoms with Crippen LogP contribution in [0.3, 0.4) is 0 Å². The lowest BCUT2D eigenvalue weighted by atomic mass is 10.0. The maximum Gasteiger partial charge on any atom is 0.220 e. The van der Waals surface area contributed by atoms with E-state index in [9.17, 15) is 9.18 Å². The van der Waals surface area contributed by atoms with Crippen molar-refractivity contribution < 1.29 is 13.9 Å². The average molecular weight is 439 g/mol. The molecule has 29 heavy (non-hydrogen) atoms. The molecule has 0 bridgehead atoms. The number of amides is 1. The molecular weight excluding hydrogens is 414 g/mol. The summed E-state index contributed by atoms with van der Waals surface area (Å²) in [5.74, 6) is -0.258. The van der Waals surface area contributed by atoms with Gasteiger partial charge in [-0.05, 0) is 48.2 Å². The molecule has 1 aliphatic heterocycles. The maximum absolute atomic E-state index is 13.3. The van der Waals surface area contributed by atoms with E-state index < -0.39 is 0 Å². The summed E-state index contributed by atoms with van der Waals surface area (Å²) in [6.45, 7) is 3.38. The molecule has 1 amide bonds. The lowest BCUT2D eigenvalue weighted by Gasteiger charge is -2.35. The van der Waals surface area contributed by atoms with Gasteiger partial charge in [-0.3, -0.25) is 9.69 Å². The van der Waals surface area contributed by atoms with Crippen molar-refractivity contribution in [3.63, 3.8) is 0 Å². The van der Waals surface area contributed by atoms with Gasteiger partial charge in [-0.15, -0.1) is 0 Å². The Morgan fingerprint density at radius 2 is 1.83 bits per heavy atom. The average Bonchev–Trinajstić information content (AvgIpc) is 2.73. The number of halogens is 3. The second-order valence-electron chi connectivity index (χ2n) is 7.12. The molecule has 2 aromatic rings. The number of morpholine rings is 1. The van der Waals surface area contributed by atoms with Gasteiger partial charge < -0.3 is 10.1 Å². The van der Waals surface area contributed by atoms with Crippen LogP contribution in [-0.4, -0.2) is 43.7 Å². The molecule has 0 radical (unpaired) electrons. The normalized spacial score (nSPS) is 15.8. The quantitative estimate of drug-likeness (QED) is 0.652. The summed E-state index contributed by atoms with van der Waals surface area (Å²) < 4.78 is 18.7. The molecule has 2 aromatic carbocycles. The Hall–Kier alpha value is -1.66. The lowest BCUT2D eigenvalue weighted by molar-refractivity contribution is -0.121. The number of nitrogens with zero attached hydrogens (tertiary/aromatic N) is 1. The number of carbonyl (C=O) groups is 1. The Morgan fingerprint density at radius 3 is 2.52 bits per heavy atom. The predicted molar refractivity (Wildman–Crippen MR) is 114 cm³/mol. The zero-order chi connectivity index (χ0) is 20.6. The minimum absolute atomic E-state index is 0.00137. The van der Waals surface area contributed by atoms with Crippen molar-refractivity contribution in [2.45, 2.75) is 25.3 Å². The van der Waals surface area contributed by atoms with Crippen molar-refractivity contribution >= 4 is 29.1 Å². The Kier molecular flexibility index (Phi) is 8.30. The fourth-order valence-electron chi connectivity index (χ4n) is 3.48. The molecule has 0 saturated carbocycles. The largest absolute Gasteiger partial charge is 0.379 e. The molecule has 1 atom stereocenters. The third-order valence-corrected chi connectivity index (χ3v) is 5.83. The van der Waals surface area contributed by atoms with Gasteiger partial charge in [-0.2, -0.15) is 0 Å². The zero-order valence-corrected chi connectivity index (χ0v) is 17.7. The van der Waals surface area contributed by atoms with Crippen molar-refractivity contribution in [1.29, 1.82) is 0 Å². The van der Waals surface area contributed by atoms with Gasteiger partial charge in [0.05, 0.1) is 29.3 Å². The molecule has 1 fully saturated rings. The predicted octanol–water partition coefficient (Wildman–Crippen LogP) is 4.64. The highest BCUT2D eigenvalue weighted by atomic mass is 35.5. The molecule has 1 N–H and O–H groups in total. The Balaban J connectivity index is 1.51. The van der Waals surface area contributed by atoms with E-state index in [0.29, 0.717) is 36.2 Å². The van der Waals surface area contributed by atoms with Crippen LogP contribution in [-0.2, 0) is 16.0 Å². The number of rotatable bonds is 8. The van der Waals surface area contributed by atoms with Gasteiger partial charge >= 0.3 is 0 Å². The first-order valence-electron chi connectivity index (χ1n) is 9.81. The Bertz CT molecular complexity index is 811. The van der Waals surface area contributed by atoms with Gasteiger partial charge in [0.25, 0.3) is 0 Å². The van der Waals surface area contributed by atoms with Gasteiger partial charge in [-0.1, -0.05) is 41.4 Å². The first kappa shape index (κ1) is 22.0. The smallest absolute Gasteiger partial charge is 0.220 e. The number of ether oxygens (including phenoxy) is 1. The van der Waals surface area contributed by atoms with Gasteiger partial charge in [0.1, 0.15) is 5.82 Å². The van der Waals surface area contributed by atoms with Crippen LogP contribution in [0.4, 0.5) is 4.39 Å². The molecule has 156 valence electrons. The van der Waals surface area contributed by atoms with E-state index in [4.69, 9.17) is 27.9 Å². The monoisotopic (exact) mass is 438 g/mol. The minimum atomic E-state index is -0.263. The molecule has 0 aromatic heterocycles. The molecule has 4 nitrogen and oxygen atoms in total. The van der Waals surface area contributed by atoms with E-state index in [0.717, 1.165) is 37.1 Å². The van der Waals surface area contributed by atoms with Gasteiger partial charge in [-0.25, -0.2) is 4.39 Å². The minimum Gasteiger partial charge on any atom is -0.379 e. The Labute approximate surface area is 180 Å². The van der Waals surface area contributed by atoms with E-state index in [2.05, 4.69) is 10.2 Å². The summed E-state index contributed by atoms with van der Waals surface area (Å²) in [6, 6.07) is 12.0. The molecule has 1 heterocycles. The molecule has 1 aliphatic rings. The van der Waals surface area contributed by atoms with Crippen molar-refractivity contribution in [3.05, 3.63) is 69.5 Å². The first-order chi connectivity index (χ1) is 14.0. The first-order valence-corrected chi connectivity index (χ1v) is 10.6. The summed E-state index contributed by atoms with van der Waals surface area (Å²) in [7, 11) is 0. The van der Waals surface area contributed by atoms with Gasteiger partial charge in [0.15, 0.2) is 0 Å². The zero-order valence-electron chi connectivity index (χ0n) is 16.2. The molecule has 3 rings (SSSR count). The van der Waals surface area contributed by atoms with E-state index in [-0.39, 0.29) is 17.8 Å². The van der Waals surface area contributed by atoms with Crippen LogP contribution in [0.1, 0.15) is 30.0 Å². The van der Waals surface area contributed by atoms with Crippen LogP contribution in [0, 0.1) is 5.82 Å². The van der Waals surface area contributed by atoms with E-state index in [1.807, 2.05) is 12.1 Å². The van der Waals surface area contributed by atoms with E-state index in [1.165, 1.54) is 12.1 Å². The number of hydrogen-bond acceptors (Lipinski definition) is 3. The van der Waals surface area contributed by atoms with Crippen molar-refractivity contribution in [2.24, 2.45) is 0 Å². The second-order valence-corrected chi connectivity index (χ2v) is 7.94. The number of benzene rings is 2. The molecule has 0 aliphatic carbocycles. The lowest BCUT2D eigenvalue weighted by Crippen LogP contribution is -2.43. The number of aryl methyl sites for hydroxylation is 1. The third kappa shape index (κ3) is 6.68. The Morgan fingerprint density at radius 1 is 1.10 bits per heavy atom. The van der Waals surface area contributed by atoms with E-state index in [1.54, 1.807) is 18.2 Å². The topological polar surface area (TPSA) is 41.6 Å². The highest BCUT2D eigenvalue weighted by Gasteiger charge is 2.23. The number of carbonyl (C=O) groups excluding carboxylic acids is 1. The van der Waals surface area contributed by atoms with Crippen LogP contribution in [0.15, 0.2) is 42.5 Å². The summed E-state index contributed by atoms with van der Waals surface area (Å²) in [6.07, 6.45) is 1.91. The van der Waals surface area contributed by atoms with Gasteiger partial charge in [0.2, 0.25) is 5.91 Å². The van der Waals surface area contributed by atoms with Crippen LogP contribution in [0.2, 0.25) is 10.0 Å². The van der Waals surface area contributed by atoms with Crippen molar-refractivity contribution in [3.8, 4) is 0 Å². The fraction of sp³-hybridized carbons (Fsp3) is 0.409. The summed E-state index contributed by atoms with van der Waals surface area (Å²) >= 11 is 12.0. The second kappa shape index (κ2) is 10.9. The van der Waals surface area contributed by atoms with Crippen LogP contribution in [0.25, 0.3) is 0 Å². The summed E-state index contributed by atoms with van der Waals surface area (Å²) in [5, 5.41) is 4.10. The van der Waals surface area contributed by atoms with E-state index >= 15 is 0 Å². The SMILES string of the molecule is O=C(CCCc1ccc(Cl)c(Cl)c1)NCC(c1ccc(F)cc1)N1CCOCC1. The van der Waals surface area contributed by atoms with Crippen LogP contribution < -0.4 is 5.32 Å². The summed E-state index contributed by atoms with van der Waals surface area (Å²) in [4.78, 5) is 14.6. The summed E-state index contributed by atoms with van der Waals surface area (Å²) in [5.41, 5.74) is 2.05. The fourth-order valence-corrected chi connectivity index (χ4v) is 3.80. The molecule has 1 unspecified atom stereocenters. The van der Waals surface area contributed by atoms with Crippen LogP contribution >= 0.6 is 23.2 Å². The standard InChI is InChI=1S/C22H25Cl2FN2O2/c23-19-9-4-16(14-20(19)24)2-1-3-22(28)26-15-21(27-10-12-29-13-11-27)17-5-7-18(25)8-6-17/h4-9,14,21H,1-3,10-13,15H2,(H,26,28). The molecule has 0 spiro atoms. The number of nitrogens with one attached hydrogen (secondary N) is 1. The molecule has 7 heteroatoms. The highest BCUT2D eigenvalue weighted by Crippen LogP contribution is 2.24. The molecular formula is C22H25Cl2FN2O2. The highest BCUT2D eigenvalue weighted by molar-refractivity contribution is 6.42. The molecule has 1 saturated heterocycles. The van der Waals surface area contributed by atoms with Gasteiger partial charge in [0, 0.05) is 26.1 Å². The van der Waals surface area contributed by atoms with Crippen molar-refractivity contribution in [1.82, 2.24) is 10.2 Å². The maximum atomic E-state index is 13.3. The van der Waals surface area contributed by atoms with Crippen LogP contribution in [0.5, 0.6) is 0 Å². The number of hydrogen-bond donors (Lipinski definition) is 1. The van der Waals surface area contributed by atoms with Crippen molar-refractivity contribution in [2.75, 3.05) is 32.8 Å². The third-order valence-electron chi connectivity index (χ3n) is 5.09.